The second-order valence-corrected chi connectivity index (χ2v) is 3.42. The van der Waals surface area contributed by atoms with Crippen LogP contribution in [0.4, 0.5) is 4.39 Å². The van der Waals surface area contributed by atoms with Gasteiger partial charge in [0.2, 0.25) is 0 Å². The van der Waals surface area contributed by atoms with E-state index in [2.05, 4.69) is 25.6 Å². The molecule has 66 valence electrons. The molecule has 1 heterocycles. The van der Waals surface area contributed by atoms with E-state index in [1.54, 1.807) is 18.2 Å². The second kappa shape index (κ2) is 3.30. The van der Waals surface area contributed by atoms with Crippen molar-refractivity contribution in [1.29, 1.82) is 0 Å². The zero-order chi connectivity index (χ0) is 9.26. The molecule has 0 aliphatic heterocycles. The van der Waals surface area contributed by atoms with Crippen LogP contribution in [0.15, 0.2) is 39.5 Å². The number of rotatable bonds is 1. The molecule has 0 N–H and O–H groups in total. The quantitative estimate of drug-likeness (QED) is 0.767. The van der Waals surface area contributed by atoms with E-state index in [4.69, 9.17) is 0 Å². The summed E-state index contributed by atoms with van der Waals surface area (Å²) >= 11 is 3.26. The predicted octanol–water partition coefficient (Wildman–Crippen LogP) is 3.24. The molecule has 0 fully saturated rings. The van der Waals surface area contributed by atoms with Gasteiger partial charge in [0.05, 0.1) is 0 Å². The van der Waals surface area contributed by atoms with E-state index in [9.17, 15) is 4.39 Å². The van der Waals surface area contributed by atoms with E-state index >= 15 is 0 Å². The first-order valence-electron chi connectivity index (χ1n) is 3.63. The van der Waals surface area contributed by atoms with Gasteiger partial charge in [0, 0.05) is 16.1 Å². The Kier molecular flexibility index (Phi) is 2.14. The molecule has 2 nitrogen and oxygen atoms in total. The van der Waals surface area contributed by atoms with Gasteiger partial charge in [-0.1, -0.05) is 21.1 Å². The summed E-state index contributed by atoms with van der Waals surface area (Å²) in [6.45, 7) is 0. The molecule has 0 radical (unpaired) electrons. The van der Waals surface area contributed by atoms with Gasteiger partial charge in [0.25, 0.3) is 0 Å². The minimum atomic E-state index is -0.308. The van der Waals surface area contributed by atoms with Gasteiger partial charge >= 0.3 is 0 Å². The highest BCUT2D eigenvalue weighted by Gasteiger charge is 2.07. The number of nitrogens with zero attached hydrogens (tertiary/aromatic N) is 1. The number of aromatic nitrogens is 1. The molecule has 0 saturated carbocycles. The standard InChI is InChI=1S/C9H5BrFNO/c10-6-1-2-8(11)7(5-6)9-3-4-13-12-9/h1-5H. The maximum atomic E-state index is 13.2. The second-order valence-electron chi connectivity index (χ2n) is 2.51. The van der Waals surface area contributed by atoms with E-state index < -0.39 is 0 Å². The molecule has 0 spiro atoms. The Bertz CT molecular complexity index is 414. The third-order valence-electron chi connectivity index (χ3n) is 1.64. The Morgan fingerprint density at radius 3 is 2.85 bits per heavy atom. The molecule has 1 aromatic heterocycles. The largest absolute Gasteiger partial charge is 0.364 e. The molecule has 0 aliphatic carbocycles. The molecule has 13 heavy (non-hydrogen) atoms. The average molecular weight is 242 g/mol. The van der Waals surface area contributed by atoms with Crippen molar-refractivity contribution < 1.29 is 8.91 Å². The first kappa shape index (κ1) is 8.44. The van der Waals surface area contributed by atoms with Gasteiger partial charge in [-0.05, 0) is 18.2 Å². The fraction of sp³-hybridized carbons (Fsp3) is 0. The van der Waals surface area contributed by atoms with Crippen LogP contribution in [-0.4, -0.2) is 5.16 Å². The molecule has 2 aromatic rings. The van der Waals surface area contributed by atoms with E-state index in [0.29, 0.717) is 11.3 Å². The Morgan fingerprint density at radius 2 is 2.15 bits per heavy atom. The van der Waals surface area contributed by atoms with Gasteiger partial charge in [-0.2, -0.15) is 0 Å². The van der Waals surface area contributed by atoms with Gasteiger partial charge in [-0.3, -0.25) is 0 Å². The molecule has 0 bridgehead atoms. The number of hydrogen-bond acceptors (Lipinski definition) is 2. The van der Waals surface area contributed by atoms with Crippen LogP contribution in [0.25, 0.3) is 11.3 Å². The summed E-state index contributed by atoms with van der Waals surface area (Å²) in [5.74, 6) is -0.308. The zero-order valence-electron chi connectivity index (χ0n) is 6.50. The average Bonchev–Trinajstić information content (AvgIpc) is 2.61. The number of halogens is 2. The van der Waals surface area contributed by atoms with E-state index in [-0.39, 0.29) is 5.82 Å². The predicted molar refractivity (Wildman–Crippen MR) is 49.6 cm³/mol. The third-order valence-corrected chi connectivity index (χ3v) is 2.14. The van der Waals surface area contributed by atoms with Crippen molar-refractivity contribution in [3.63, 3.8) is 0 Å². The first-order valence-corrected chi connectivity index (χ1v) is 4.42. The highest BCUT2D eigenvalue weighted by Crippen LogP contribution is 2.24. The Hall–Kier alpha value is -1.16. The fourth-order valence-corrected chi connectivity index (χ4v) is 1.41. The van der Waals surface area contributed by atoms with Crippen LogP contribution in [0.3, 0.4) is 0 Å². The van der Waals surface area contributed by atoms with Crippen LogP contribution in [-0.2, 0) is 0 Å². The van der Waals surface area contributed by atoms with E-state index in [0.717, 1.165) is 4.47 Å². The van der Waals surface area contributed by atoms with Gasteiger partial charge < -0.3 is 4.52 Å². The molecule has 1 aromatic carbocycles. The summed E-state index contributed by atoms with van der Waals surface area (Å²) in [5, 5.41) is 3.65. The number of hydrogen-bond donors (Lipinski definition) is 0. The van der Waals surface area contributed by atoms with Crippen LogP contribution in [0.5, 0.6) is 0 Å². The minimum absolute atomic E-state index is 0.308. The van der Waals surface area contributed by atoms with Crippen molar-refractivity contribution in [3.8, 4) is 11.3 Å². The molecule has 0 aliphatic rings. The summed E-state index contributed by atoms with van der Waals surface area (Å²) in [4.78, 5) is 0. The lowest BCUT2D eigenvalue weighted by Gasteiger charge is -1.98. The van der Waals surface area contributed by atoms with Crippen molar-refractivity contribution in [3.05, 3.63) is 40.8 Å². The maximum absolute atomic E-state index is 13.2. The molecule has 0 atom stereocenters. The van der Waals surface area contributed by atoms with E-state index in [1.807, 2.05) is 0 Å². The van der Waals surface area contributed by atoms with Gasteiger partial charge in [-0.25, -0.2) is 4.39 Å². The van der Waals surface area contributed by atoms with Gasteiger partial charge in [0.1, 0.15) is 17.8 Å². The smallest absolute Gasteiger partial charge is 0.132 e. The summed E-state index contributed by atoms with van der Waals surface area (Å²) in [5.41, 5.74) is 0.932. The lowest BCUT2D eigenvalue weighted by molar-refractivity contribution is 0.422. The Labute approximate surface area is 82.5 Å². The molecule has 0 amide bonds. The summed E-state index contributed by atoms with van der Waals surface area (Å²) in [7, 11) is 0. The highest BCUT2D eigenvalue weighted by atomic mass is 79.9. The van der Waals surface area contributed by atoms with Crippen LogP contribution in [0.2, 0.25) is 0 Å². The Morgan fingerprint density at radius 1 is 1.31 bits per heavy atom. The van der Waals surface area contributed by atoms with Gasteiger partial charge in [-0.15, -0.1) is 0 Å². The van der Waals surface area contributed by atoms with Crippen molar-refractivity contribution in [2.24, 2.45) is 0 Å². The molecule has 4 heteroatoms. The van der Waals surface area contributed by atoms with Crippen LogP contribution in [0.1, 0.15) is 0 Å². The lowest BCUT2D eigenvalue weighted by Crippen LogP contribution is -1.83. The highest BCUT2D eigenvalue weighted by molar-refractivity contribution is 9.10. The van der Waals surface area contributed by atoms with Crippen molar-refractivity contribution in [2.75, 3.05) is 0 Å². The molecule has 2 rings (SSSR count). The molecule has 0 saturated heterocycles. The molecular weight excluding hydrogens is 237 g/mol. The van der Waals surface area contributed by atoms with Crippen molar-refractivity contribution in [2.45, 2.75) is 0 Å². The minimum Gasteiger partial charge on any atom is -0.364 e. The van der Waals surface area contributed by atoms with E-state index in [1.165, 1.54) is 12.3 Å². The monoisotopic (exact) mass is 241 g/mol. The van der Waals surface area contributed by atoms with Crippen LogP contribution in [0, 0.1) is 5.82 Å². The fourth-order valence-electron chi connectivity index (χ4n) is 1.05. The SMILES string of the molecule is Fc1ccc(Br)cc1-c1ccon1. The van der Waals surface area contributed by atoms with Crippen LogP contribution >= 0.6 is 15.9 Å². The third kappa shape index (κ3) is 1.62. The van der Waals surface area contributed by atoms with Crippen molar-refractivity contribution >= 4 is 15.9 Å². The van der Waals surface area contributed by atoms with Crippen molar-refractivity contribution in [1.82, 2.24) is 5.16 Å². The normalized spacial score (nSPS) is 10.3. The summed E-state index contributed by atoms with van der Waals surface area (Å²) in [6, 6.07) is 6.30. The van der Waals surface area contributed by atoms with Gasteiger partial charge in [0.15, 0.2) is 0 Å². The lowest BCUT2D eigenvalue weighted by atomic mass is 10.1. The topological polar surface area (TPSA) is 26.0 Å². The van der Waals surface area contributed by atoms with Crippen LogP contribution < -0.4 is 0 Å². The molecule has 0 unspecified atom stereocenters. The number of benzene rings is 1. The molecular formula is C9H5BrFNO. The first-order chi connectivity index (χ1) is 6.27. The summed E-state index contributed by atoms with van der Waals surface area (Å²) in [6.07, 6.45) is 1.41. The summed E-state index contributed by atoms with van der Waals surface area (Å²) < 4.78 is 18.7. The Balaban J connectivity index is 2.57. The maximum Gasteiger partial charge on any atom is 0.132 e. The zero-order valence-corrected chi connectivity index (χ0v) is 8.08.